The summed E-state index contributed by atoms with van der Waals surface area (Å²) >= 11 is 0. The van der Waals surface area contributed by atoms with Crippen LogP contribution < -0.4 is 4.74 Å². The Morgan fingerprint density at radius 2 is 1.79 bits per heavy atom. The Labute approximate surface area is 90.8 Å². The summed E-state index contributed by atoms with van der Waals surface area (Å²) < 4.78 is 5.03. The maximum Gasteiger partial charge on any atom is 0.119 e. The number of benzene rings is 1. The Morgan fingerprint density at radius 3 is 2.21 bits per heavy atom. The van der Waals surface area contributed by atoms with Crippen LogP contribution in [0, 0.1) is 0 Å². The molecule has 0 N–H and O–H groups in total. The molecule has 0 bridgehead atoms. The van der Waals surface area contributed by atoms with E-state index in [1.165, 1.54) is 0 Å². The van der Waals surface area contributed by atoms with Crippen molar-refractivity contribution in [3.63, 3.8) is 0 Å². The molecule has 0 aliphatic carbocycles. The number of ether oxygens (including phenoxy) is 1. The van der Waals surface area contributed by atoms with Crippen LogP contribution in [0.3, 0.4) is 0 Å². The molecule has 0 heterocycles. The zero-order valence-electron chi connectivity index (χ0n) is 8.60. The van der Waals surface area contributed by atoms with Gasteiger partial charge in [0.25, 0.3) is 0 Å². The largest absolute Gasteiger partial charge is 0.497 e. The molecule has 0 fully saturated rings. The predicted octanol–water partition coefficient (Wildman–Crippen LogP) is 2.34. The molecule has 3 nitrogen and oxygen atoms in total. The topological polar surface area (TPSA) is 24.8 Å². The minimum absolute atomic E-state index is 0. The van der Waals surface area contributed by atoms with Gasteiger partial charge in [0.05, 0.1) is 19.1 Å². The lowest BCUT2D eigenvalue weighted by Crippen LogP contribution is -2.06. The molecule has 0 aromatic heterocycles. The number of nitrogens with zero attached hydrogens (tertiary/aromatic N) is 2. The van der Waals surface area contributed by atoms with Crippen LogP contribution in [0.2, 0.25) is 0 Å². The van der Waals surface area contributed by atoms with Crippen molar-refractivity contribution in [1.29, 1.82) is 0 Å². The normalized spacial score (nSPS) is 9.64. The van der Waals surface area contributed by atoms with E-state index in [-0.39, 0.29) is 12.4 Å². The third kappa shape index (κ3) is 4.14. The standard InChI is InChI=1S/C10H14N2O.ClH/c1-12(2)8-11-9-4-6-10(13-3)7-5-9;/h4-8H,1-3H3;1H. The molecule has 0 unspecified atom stereocenters. The van der Waals surface area contributed by atoms with E-state index >= 15 is 0 Å². The number of methoxy groups -OCH3 is 1. The first-order chi connectivity index (χ1) is 6.22. The molecule has 0 aliphatic rings. The van der Waals surface area contributed by atoms with Gasteiger partial charge in [0, 0.05) is 14.1 Å². The zero-order valence-corrected chi connectivity index (χ0v) is 9.41. The maximum absolute atomic E-state index is 5.03. The number of hydrogen-bond donors (Lipinski definition) is 0. The molecular formula is C10H15ClN2O. The molecule has 0 amide bonds. The lowest BCUT2D eigenvalue weighted by atomic mass is 10.3. The van der Waals surface area contributed by atoms with E-state index in [1.54, 1.807) is 13.4 Å². The third-order valence-corrected chi connectivity index (χ3v) is 1.51. The van der Waals surface area contributed by atoms with Crippen LogP contribution in [-0.2, 0) is 0 Å². The maximum atomic E-state index is 5.03. The van der Waals surface area contributed by atoms with E-state index < -0.39 is 0 Å². The van der Waals surface area contributed by atoms with Gasteiger partial charge < -0.3 is 9.64 Å². The van der Waals surface area contributed by atoms with Crippen molar-refractivity contribution in [2.24, 2.45) is 4.99 Å². The van der Waals surface area contributed by atoms with Crippen molar-refractivity contribution >= 4 is 24.4 Å². The second-order valence-corrected chi connectivity index (χ2v) is 2.91. The summed E-state index contributed by atoms with van der Waals surface area (Å²) in [5.41, 5.74) is 0.925. The van der Waals surface area contributed by atoms with Crippen LogP contribution in [0.1, 0.15) is 0 Å². The molecule has 0 saturated heterocycles. The van der Waals surface area contributed by atoms with E-state index in [1.807, 2.05) is 43.3 Å². The molecule has 1 aromatic carbocycles. The fourth-order valence-corrected chi connectivity index (χ4v) is 0.850. The van der Waals surface area contributed by atoms with Crippen molar-refractivity contribution < 1.29 is 4.74 Å². The SMILES string of the molecule is COc1ccc(N=CN(C)C)cc1.Cl. The molecule has 78 valence electrons. The Bertz CT molecular complexity index is 283. The Hall–Kier alpha value is -1.22. The van der Waals surface area contributed by atoms with Gasteiger partial charge in [-0.25, -0.2) is 4.99 Å². The van der Waals surface area contributed by atoms with Gasteiger partial charge >= 0.3 is 0 Å². The van der Waals surface area contributed by atoms with E-state index in [0.717, 1.165) is 11.4 Å². The van der Waals surface area contributed by atoms with E-state index in [4.69, 9.17) is 4.74 Å². The van der Waals surface area contributed by atoms with Crippen LogP contribution >= 0.6 is 12.4 Å². The molecule has 1 aromatic rings. The van der Waals surface area contributed by atoms with Crippen molar-refractivity contribution in [1.82, 2.24) is 4.90 Å². The molecule has 0 aliphatic heterocycles. The van der Waals surface area contributed by atoms with Gasteiger partial charge in [-0.05, 0) is 24.3 Å². The van der Waals surface area contributed by atoms with E-state index in [0.29, 0.717) is 0 Å². The number of halogens is 1. The summed E-state index contributed by atoms with van der Waals surface area (Å²) in [4.78, 5) is 6.12. The summed E-state index contributed by atoms with van der Waals surface area (Å²) in [6, 6.07) is 7.61. The van der Waals surface area contributed by atoms with Gasteiger partial charge in [0.2, 0.25) is 0 Å². The predicted molar refractivity (Wildman–Crippen MR) is 62.1 cm³/mol. The van der Waals surface area contributed by atoms with E-state index in [9.17, 15) is 0 Å². The summed E-state index contributed by atoms with van der Waals surface area (Å²) in [5, 5.41) is 0. The summed E-state index contributed by atoms with van der Waals surface area (Å²) in [6.07, 6.45) is 1.77. The highest BCUT2D eigenvalue weighted by molar-refractivity contribution is 5.85. The first kappa shape index (κ1) is 12.8. The average Bonchev–Trinajstić information content (AvgIpc) is 2.15. The Balaban J connectivity index is 0.00000169. The van der Waals surface area contributed by atoms with E-state index in [2.05, 4.69) is 4.99 Å². The minimum Gasteiger partial charge on any atom is -0.497 e. The quantitative estimate of drug-likeness (QED) is 0.570. The average molecular weight is 215 g/mol. The van der Waals surface area contributed by atoms with Crippen LogP contribution in [0.25, 0.3) is 0 Å². The number of hydrogen-bond acceptors (Lipinski definition) is 2. The van der Waals surface area contributed by atoms with Gasteiger partial charge in [0.15, 0.2) is 0 Å². The number of rotatable bonds is 3. The lowest BCUT2D eigenvalue weighted by molar-refractivity contribution is 0.415. The Kier molecular flexibility index (Phi) is 5.72. The lowest BCUT2D eigenvalue weighted by Gasteiger charge is -2.02. The van der Waals surface area contributed by atoms with Crippen molar-refractivity contribution in [2.75, 3.05) is 21.2 Å². The van der Waals surface area contributed by atoms with Crippen molar-refractivity contribution in [3.05, 3.63) is 24.3 Å². The van der Waals surface area contributed by atoms with Crippen molar-refractivity contribution in [3.8, 4) is 5.75 Å². The van der Waals surface area contributed by atoms with Gasteiger partial charge in [-0.1, -0.05) is 0 Å². The highest BCUT2D eigenvalue weighted by atomic mass is 35.5. The molecule has 1 rings (SSSR count). The first-order valence-electron chi connectivity index (χ1n) is 4.07. The molecule has 4 heteroatoms. The van der Waals surface area contributed by atoms with Gasteiger partial charge in [-0.15, -0.1) is 12.4 Å². The van der Waals surface area contributed by atoms with Gasteiger partial charge in [0.1, 0.15) is 5.75 Å². The number of aliphatic imine (C=N–C) groups is 1. The first-order valence-corrected chi connectivity index (χ1v) is 4.07. The molecular weight excluding hydrogens is 200 g/mol. The van der Waals surface area contributed by atoms with Gasteiger partial charge in [-0.2, -0.15) is 0 Å². The summed E-state index contributed by atoms with van der Waals surface area (Å²) in [6.45, 7) is 0. The molecule has 0 saturated carbocycles. The van der Waals surface area contributed by atoms with Gasteiger partial charge in [-0.3, -0.25) is 0 Å². The molecule has 0 radical (unpaired) electrons. The van der Waals surface area contributed by atoms with Crippen LogP contribution in [0.5, 0.6) is 5.75 Å². The smallest absolute Gasteiger partial charge is 0.119 e. The van der Waals surface area contributed by atoms with Crippen LogP contribution in [0.15, 0.2) is 29.3 Å². The second kappa shape index (κ2) is 6.27. The summed E-state index contributed by atoms with van der Waals surface area (Å²) in [5.74, 6) is 0.851. The molecule has 0 spiro atoms. The fourth-order valence-electron chi connectivity index (χ4n) is 0.850. The molecule has 0 atom stereocenters. The minimum atomic E-state index is 0. The second-order valence-electron chi connectivity index (χ2n) is 2.91. The third-order valence-electron chi connectivity index (χ3n) is 1.51. The zero-order chi connectivity index (χ0) is 9.68. The summed E-state index contributed by atoms with van der Waals surface area (Å²) in [7, 11) is 5.53. The van der Waals surface area contributed by atoms with Crippen LogP contribution in [0.4, 0.5) is 5.69 Å². The monoisotopic (exact) mass is 214 g/mol. The van der Waals surface area contributed by atoms with Crippen LogP contribution in [-0.4, -0.2) is 32.4 Å². The fraction of sp³-hybridized carbons (Fsp3) is 0.300. The molecule has 14 heavy (non-hydrogen) atoms. The van der Waals surface area contributed by atoms with Crippen molar-refractivity contribution in [2.45, 2.75) is 0 Å². The highest BCUT2D eigenvalue weighted by Crippen LogP contribution is 2.16. The highest BCUT2D eigenvalue weighted by Gasteiger charge is 1.90. The Morgan fingerprint density at radius 1 is 1.21 bits per heavy atom.